The van der Waals surface area contributed by atoms with Crippen molar-refractivity contribution < 1.29 is 0 Å². The monoisotopic (exact) mass is 196 g/mol. The third-order valence-corrected chi connectivity index (χ3v) is 2.22. The molecule has 1 aromatic rings. The van der Waals surface area contributed by atoms with E-state index in [4.69, 9.17) is 0 Å². The van der Waals surface area contributed by atoms with E-state index in [9.17, 15) is 0 Å². The Labute approximate surface area is 84.2 Å². The second kappa shape index (κ2) is 6.54. The number of aromatic nitrogens is 1. The lowest BCUT2D eigenvalue weighted by Crippen LogP contribution is -1.69. The van der Waals surface area contributed by atoms with E-state index in [0.717, 1.165) is 16.3 Å². The molecule has 0 amide bonds. The summed E-state index contributed by atoms with van der Waals surface area (Å²) in [6, 6.07) is 0. The van der Waals surface area contributed by atoms with Crippen LogP contribution in [-0.2, 0) is 0 Å². The Morgan fingerprint density at radius 1 is 1.46 bits per heavy atom. The van der Waals surface area contributed by atoms with Crippen LogP contribution < -0.4 is 0 Å². The van der Waals surface area contributed by atoms with Crippen LogP contribution in [0.5, 0.6) is 0 Å². The Bertz CT molecular complexity index is 287. The summed E-state index contributed by atoms with van der Waals surface area (Å²) >= 11 is 1.43. The normalized spacial score (nSPS) is 9.54. The minimum Gasteiger partial charge on any atom is -0.258 e. The van der Waals surface area contributed by atoms with E-state index < -0.39 is 0 Å². The Hall–Kier alpha value is -0.960. The van der Waals surface area contributed by atoms with Gasteiger partial charge in [0.15, 0.2) is 0 Å². The molecule has 0 radical (unpaired) electrons. The summed E-state index contributed by atoms with van der Waals surface area (Å²) < 4.78 is 4.16. The van der Waals surface area contributed by atoms with Crippen LogP contribution >= 0.6 is 11.5 Å². The molecule has 72 valence electrons. The zero-order valence-electron chi connectivity index (χ0n) is 8.66. The molecule has 0 fully saturated rings. The highest BCUT2D eigenvalue weighted by Gasteiger charge is 2.04. The molecule has 0 spiro atoms. The van der Waals surface area contributed by atoms with Gasteiger partial charge in [0.05, 0.1) is 10.6 Å². The van der Waals surface area contributed by atoms with E-state index in [2.05, 4.69) is 15.9 Å². The molecule has 13 heavy (non-hydrogen) atoms. The van der Waals surface area contributed by atoms with Crippen molar-refractivity contribution in [2.75, 3.05) is 0 Å². The van der Waals surface area contributed by atoms with Gasteiger partial charge < -0.3 is 0 Å². The minimum atomic E-state index is 0.951. The maximum absolute atomic E-state index is 4.19. The van der Waals surface area contributed by atoms with Crippen LogP contribution in [0, 0.1) is 6.92 Å². The lowest BCUT2D eigenvalue weighted by molar-refractivity contribution is 1.32. The maximum atomic E-state index is 4.19. The summed E-state index contributed by atoms with van der Waals surface area (Å²) in [4.78, 5) is 5.23. The molecule has 3 heteroatoms. The summed E-state index contributed by atoms with van der Waals surface area (Å²) in [5.74, 6) is 0. The van der Waals surface area contributed by atoms with Crippen molar-refractivity contribution in [1.29, 1.82) is 0 Å². The Balaban J connectivity index is 0.000000671. The molecule has 0 aliphatic carbocycles. The molecule has 1 heterocycles. The van der Waals surface area contributed by atoms with Gasteiger partial charge in [-0.3, -0.25) is 4.99 Å². The fourth-order valence-electron chi connectivity index (χ4n) is 0.802. The summed E-state index contributed by atoms with van der Waals surface area (Å²) in [5.41, 5.74) is 1.93. The molecule has 0 bridgehead atoms. The molecule has 2 nitrogen and oxygen atoms in total. The number of aliphatic imine (C=N–C) groups is 1. The van der Waals surface area contributed by atoms with Crippen LogP contribution in [0.25, 0.3) is 6.08 Å². The van der Waals surface area contributed by atoms with Crippen molar-refractivity contribution in [3.8, 4) is 0 Å². The van der Waals surface area contributed by atoms with Gasteiger partial charge in [-0.25, -0.2) is 0 Å². The minimum absolute atomic E-state index is 0.951. The van der Waals surface area contributed by atoms with Crippen LogP contribution in [0.15, 0.2) is 11.6 Å². The van der Waals surface area contributed by atoms with Crippen LogP contribution in [-0.4, -0.2) is 10.6 Å². The second-order valence-corrected chi connectivity index (χ2v) is 2.88. The van der Waals surface area contributed by atoms with Gasteiger partial charge in [0.25, 0.3) is 0 Å². The zero-order valence-corrected chi connectivity index (χ0v) is 9.48. The van der Waals surface area contributed by atoms with E-state index in [-0.39, 0.29) is 0 Å². The predicted octanol–water partition coefficient (Wildman–Crippen LogP) is 3.84. The van der Waals surface area contributed by atoms with Gasteiger partial charge in [0.1, 0.15) is 5.69 Å². The lowest BCUT2D eigenvalue weighted by Gasteiger charge is -1.89. The molecule has 1 aromatic heterocycles. The Kier molecular flexibility index (Phi) is 6.06. The summed E-state index contributed by atoms with van der Waals surface area (Å²) in [6.45, 7) is 11.5. The standard InChI is InChI=1S/C8H10N2S.C2H6/c1-4-7-8(9-5-2)6(3)10-11-7;1-2/h4-5H,1H2,2-3H3;1-2H3. The van der Waals surface area contributed by atoms with Crippen molar-refractivity contribution >= 4 is 29.5 Å². The van der Waals surface area contributed by atoms with Crippen LogP contribution in [0.2, 0.25) is 0 Å². The van der Waals surface area contributed by atoms with Crippen molar-refractivity contribution in [2.24, 2.45) is 4.99 Å². The maximum Gasteiger partial charge on any atom is 0.103 e. The first-order valence-electron chi connectivity index (χ1n) is 4.37. The fourth-order valence-corrected chi connectivity index (χ4v) is 1.49. The number of hydrogen-bond donors (Lipinski definition) is 0. The first kappa shape index (κ1) is 12.0. The van der Waals surface area contributed by atoms with Crippen molar-refractivity contribution in [3.63, 3.8) is 0 Å². The molecule has 1 rings (SSSR count). The molecular formula is C10H16N2S. The van der Waals surface area contributed by atoms with Gasteiger partial charge in [-0.05, 0) is 31.5 Å². The SMILES string of the molecule is C=Cc1snc(C)c1N=CC.CC. The molecule has 0 N–H and O–H groups in total. The predicted molar refractivity (Wildman–Crippen MR) is 62.1 cm³/mol. The van der Waals surface area contributed by atoms with Gasteiger partial charge in [0, 0.05) is 6.21 Å². The largest absolute Gasteiger partial charge is 0.258 e. The molecule has 0 unspecified atom stereocenters. The third kappa shape index (κ3) is 3.11. The van der Waals surface area contributed by atoms with Gasteiger partial charge in [-0.2, -0.15) is 4.37 Å². The number of nitrogens with zero attached hydrogens (tertiary/aromatic N) is 2. The smallest absolute Gasteiger partial charge is 0.103 e. The highest BCUT2D eigenvalue weighted by molar-refractivity contribution is 7.07. The zero-order chi connectivity index (χ0) is 10.3. The topological polar surface area (TPSA) is 25.2 Å². The number of aryl methyl sites for hydroxylation is 1. The van der Waals surface area contributed by atoms with Crippen LogP contribution in [0.3, 0.4) is 0 Å². The highest BCUT2D eigenvalue weighted by Crippen LogP contribution is 2.27. The first-order chi connectivity index (χ1) is 6.29. The van der Waals surface area contributed by atoms with Crippen molar-refractivity contribution in [3.05, 3.63) is 17.2 Å². The van der Waals surface area contributed by atoms with Crippen molar-refractivity contribution in [2.45, 2.75) is 27.7 Å². The van der Waals surface area contributed by atoms with E-state index >= 15 is 0 Å². The molecular weight excluding hydrogens is 180 g/mol. The molecule has 0 saturated carbocycles. The van der Waals surface area contributed by atoms with Crippen LogP contribution in [0.1, 0.15) is 31.3 Å². The van der Waals surface area contributed by atoms with Gasteiger partial charge in [-0.15, -0.1) is 0 Å². The van der Waals surface area contributed by atoms with Gasteiger partial charge in [-0.1, -0.05) is 20.4 Å². The van der Waals surface area contributed by atoms with E-state index in [1.54, 1.807) is 12.3 Å². The Morgan fingerprint density at radius 3 is 2.54 bits per heavy atom. The summed E-state index contributed by atoms with van der Waals surface area (Å²) in [7, 11) is 0. The van der Waals surface area contributed by atoms with E-state index in [1.165, 1.54) is 11.5 Å². The first-order valence-corrected chi connectivity index (χ1v) is 5.14. The Morgan fingerprint density at radius 2 is 2.08 bits per heavy atom. The molecule has 0 saturated heterocycles. The number of rotatable bonds is 2. The quantitative estimate of drug-likeness (QED) is 0.660. The number of hydrogen-bond acceptors (Lipinski definition) is 3. The van der Waals surface area contributed by atoms with E-state index in [1.807, 2.05) is 27.7 Å². The van der Waals surface area contributed by atoms with Crippen molar-refractivity contribution in [1.82, 2.24) is 4.37 Å². The average molecular weight is 196 g/mol. The molecule has 0 aliphatic heterocycles. The van der Waals surface area contributed by atoms with Crippen LogP contribution in [0.4, 0.5) is 5.69 Å². The molecule has 0 aromatic carbocycles. The molecule has 0 aliphatic rings. The van der Waals surface area contributed by atoms with E-state index in [0.29, 0.717) is 0 Å². The van der Waals surface area contributed by atoms with Gasteiger partial charge >= 0.3 is 0 Å². The highest BCUT2D eigenvalue weighted by atomic mass is 32.1. The molecule has 0 atom stereocenters. The second-order valence-electron chi connectivity index (χ2n) is 2.07. The van der Waals surface area contributed by atoms with Gasteiger partial charge in [0.2, 0.25) is 0 Å². The fraction of sp³-hybridized carbons (Fsp3) is 0.400. The summed E-state index contributed by atoms with van der Waals surface area (Å²) in [6.07, 6.45) is 3.55. The summed E-state index contributed by atoms with van der Waals surface area (Å²) in [5, 5.41) is 0. The lowest BCUT2D eigenvalue weighted by atomic mass is 10.3. The average Bonchev–Trinajstić information content (AvgIpc) is 2.52. The third-order valence-electron chi connectivity index (χ3n) is 1.30.